The summed E-state index contributed by atoms with van der Waals surface area (Å²) in [7, 11) is 0. The number of ketones is 1. The third kappa shape index (κ3) is 6.18. The van der Waals surface area contributed by atoms with Gasteiger partial charge in [0.15, 0.2) is 0 Å². The number of rotatable bonds is 11. The number of aliphatic carboxylic acids is 1. The molecule has 1 aromatic rings. The summed E-state index contributed by atoms with van der Waals surface area (Å²) in [6, 6.07) is 3.34. The smallest absolute Gasteiger partial charge is 0.303 e. The van der Waals surface area contributed by atoms with Crippen LogP contribution in [0.2, 0.25) is 0 Å². The number of hydrogen-bond donors (Lipinski definition) is 3. The molecule has 3 unspecified atom stereocenters. The van der Waals surface area contributed by atoms with Crippen LogP contribution in [-0.4, -0.2) is 44.1 Å². The Kier molecular flexibility index (Phi) is 9.34. The lowest BCUT2D eigenvalue weighted by molar-refractivity contribution is -0.393. The molecule has 12 heteroatoms. The van der Waals surface area contributed by atoms with E-state index in [4.69, 9.17) is 0 Å². The van der Waals surface area contributed by atoms with E-state index < -0.39 is 33.0 Å². The van der Waals surface area contributed by atoms with Crippen molar-refractivity contribution in [1.82, 2.24) is 0 Å². The molecule has 0 radical (unpaired) electrons. The van der Waals surface area contributed by atoms with Gasteiger partial charge in [0.1, 0.15) is 11.5 Å². The molecule has 0 bridgehead atoms. The fourth-order valence-electron chi connectivity index (χ4n) is 8.65. The SMILES string of the molecule is C[C@H](CCC(=O)O)[C@H]1CCC2C(C/C=N/Nc3ccc([N+](=O)[O-])cc3[N+](=O)[O-])C([C@@]3(C)CC[C@H](O)CC3=O)CC[C@@]21C. The lowest BCUT2D eigenvalue weighted by atomic mass is 9.49. The molecule has 1 aromatic carbocycles. The average molecular weight is 587 g/mol. The maximum atomic E-state index is 13.4. The highest BCUT2D eigenvalue weighted by molar-refractivity contribution is 5.86. The highest BCUT2D eigenvalue weighted by Crippen LogP contribution is 2.64. The Balaban J connectivity index is 1.59. The van der Waals surface area contributed by atoms with Crippen molar-refractivity contribution in [1.29, 1.82) is 0 Å². The number of hydrazone groups is 1. The Morgan fingerprint density at radius 1 is 1.14 bits per heavy atom. The summed E-state index contributed by atoms with van der Waals surface area (Å²) in [5.74, 6) is 0.441. The lowest BCUT2D eigenvalue weighted by Gasteiger charge is -2.55. The van der Waals surface area contributed by atoms with E-state index in [2.05, 4.69) is 24.4 Å². The first-order valence-corrected chi connectivity index (χ1v) is 14.9. The van der Waals surface area contributed by atoms with Gasteiger partial charge in [-0.05, 0) is 92.4 Å². The molecule has 0 aliphatic heterocycles. The quantitative estimate of drug-likeness (QED) is 0.159. The minimum Gasteiger partial charge on any atom is -0.481 e. The summed E-state index contributed by atoms with van der Waals surface area (Å²) in [6.45, 7) is 6.51. The van der Waals surface area contributed by atoms with Crippen LogP contribution in [0.5, 0.6) is 0 Å². The first-order valence-electron chi connectivity index (χ1n) is 14.9. The maximum Gasteiger partial charge on any atom is 0.303 e. The number of carboxylic acid groups (broad SMARTS) is 1. The van der Waals surface area contributed by atoms with Crippen LogP contribution in [0.1, 0.15) is 85.0 Å². The molecule has 42 heavy (non-hydrogen) atoms. The second kappa shape index (κ2) is 12.4. The molecule has 12 nitrogen and oxygen atoms in total. The van der Waals surface area contributed by atoms with Crippen LogP contribution >= 0.6 is 0 Å². The van der Waals surface area contributed by atoms with Gasteiger partial charge in [-0.2, -0.15) is 5.10 Å². The Bertz CT molecular complexity index is 1250. The zero-order valence-electron chi connectivity index (χ0n) is 24.5. The van der Waals surface area contributed by atoms with Crippen molar-refractivity contribution in [3.63, 3.8) is 0 Å². The molecule has 0 spiro atoms. The van der Waals surface area contributed by atoms with Gasteiger partial charge in [0.2, 0.25) is 0 Å². The van der Waals surface area contributed by atoms with Crippen LogP contribution in [0.3, 0.4) is 0 Å². The number of hydrogen-bond acceptors (Lipinski definition) is 9. The van der Waals surface area contributed by atoms with Crippen LogP contribution < -0.4 is 5.43 Å². The number of carboxylic acids is 1. The zero-order chi connectivity index (χ0) is 30.8. The molecule has 0 saturated heterocycles. The van der Waals surface area contributed by atoms with Crippen molar-refractivity contribution >= 4 is 35.0 Å². The number of non-ortho nitro benzene ring substituents is 1. The Morgan fingerprint density at radius 2 is 1.88 bits per heavy atom. The predicted molar refractivity (Wildman–Crippen MR) is 156 cm³/mol. The Labute approximate surface area is 245 Å². The highest BCUT2D eigenvalue weighted by atomic mass is 16.6. The van der Waals surface area contributed by atoms with Crippen LogP contribution in [0.25, 0.3) is 0 Å². The van der Waals surface area contributed by atoms with Gasteiger partial charge < -0.3 is 10.2 Å². The molecule has 0 aromatic heterocycles. The number of nitrogens with zero attached hydrogens (tertiary/aromatic N) is 3. The molecule has 0 amide bonds. The number of aliphatic hydroxyl groups excluding tert-OH is 1. The topological polar surface area (TPSA) is 185 Å². The van der Waals surface area contributed by atoms with Gasteiger partial charge in [0.25, 0.3) is 5.69 Å². The summed E-state index contributed by atoms with van der Waals surface area (Å²) in [4.78, 5) is 45.8. The van der Waals surface area contributed by atoms with Gasteiger partial charge in [-0.25, -0.2) is 0 Å². The highest BCUT2D eigenvalue weighted by Gasteiger charge is 2.58. The van der Waals surface area contributed by atoms with Gasteiger partial charge in [0, 0.05) is 30.5 Å². The van der Waals surface area contributed by atoms with Crippen molar-refractivity contribution in [2.75, 3.05) is 5.43 Å². The molecule has 8 atom stereocenters. The van der Waals surface area contributed by atoms with Crippen molar-refractivity contribution < 1.29 is 29.6 Å². The molecule has 3 N–H and O–H groups in total. The van der Waals surface area contributed by atoms with Gasteiger partial charge in [-0.15, -0.1) is 0 Å². The summed E-state index contributed by atoms with van der Waals surface area (Å²) >= 11 is 0. The van der Waals surface area contributed by atoms with Crippen LogP contribution in [0, 0.1) is 60.6 Å². The van der Waals surface area contributed by atoms with E-state index >= 15 is 0 Å². The van der Waals surface area contributed by atoms with E-state index in [1.807, 2.05) is 6.92 Å². The number of carbonyl (C=O) groups excluding carboxylic acids is 1. The monoisotopic (exact) mass is 586 g/mol. The normalized spacial score (nSPS) is 33.7. The molecule has 3 aliphatic carbocycles. The van der Waals surface area contributed by atoms with E-state index in [9.17, 15) is 40.0 Å². The minimum absolute atomic E-state index is 0.00883. The number of nitro groups is 2. The lowest BCUT2D eigenvalue weighted by Crippen LogP contribution is -2.51. The van der Waals surface area contributed by atoms with Crippen molar-refractivity contribution in [2.45, 2.75) is 91.1 Å². The number of Topliss-reactive ketones (excluding diaryl/α,β-unsaturated/α-hetero) is 1. The van der Waals surface area contributed by atoms with Gasteiger partial charge >= 0.3 is 11.7 Å². The third-order valence-electron chi connectivity index (χ3n) is 10.9. The number of benzene rings is 1. The molecule has 3 aliphatic rings. The largest absolute Gasteiger partial charge is 0.481 e. The molecule has 0 heterocycles. The second-order valence-electron chi connectivity index (χ2n) is 13.1. The summed E-state index contributed by atoms with van der Waals surface area (Å²) in [5, 5.41) is 46.3. The van der Waals surface area contributed by atoms with Crippen molar-refractivity contribution in [3.8, 4) is 0 Å². The van der Waals surface area contributed by atoms with Crippen LogP contribution in [0.4, 0.5) is 17.1 Å². The number of anilines is 1. The number of aliphatic hydroxyl groups is 1. The predicted octanol–water partition coefficient (Wildman–Crippen LogP) is 5.97. The molecule has 3 saturated carbocycles. The Morgan fingerprint density at radius 3 is 2.52 bits per heavy atom. The summed E-state index contributed by atoms with van der Waals surface area (Å²) < 4.78 is 0. The van der Waals surface area contributed by atoms with Gasteiger partial charge in [0.05, 0.1) is 22.0 Å². The number of nitrogens with one attached hydrogen (secondary N) is 1. The van der Waals surface area contributed by atoms with E-state index in [0.29, 0.717) is 37.5 Å². The zero-order valence-corrected chi connectivity index (χ0v) is 24.5. The standard InChI is InChI=1S/C30H42N4O8/c1-18(4-9-28(37)38)22-6-7-23-21(12-15-31-32-25-8-5-19(33(39)40)16-26(25)34(41)42)24(11-14-29(22,23)2)30(3)13-10-20(35)17-27(30)36/h5,8,15-16,18,20-24,32,35H,4,6-7,9-14,17H2,1-3H3,(H,37,38)/b31-15+/t18-,20+,21?,22-,23?,24?,29-,30-/m1/s1. The fraction of sp³-hybridized carbons (Fsp3) is 0.700. The molecule has 4 rings (SSSR count). The second-order valence-corrected chi connectivity index (χ2v) is 13.1. The Hall–Kier alpha value is -3.41. The molecular formula is C30H42N4O8. The number of fused-ring (bicyclic) bond motifs is 1. The maximum absolute atomic E-state index is 13.4. The average Bonchev–Trinajstić information content (AvgIpc) is 3.29. The van der Waals surface area contributed by atoms with Crippen molar-refractivity contribution in [3.05, 3.63) is 38.4 Å². The third-order valence-corrected chi connectivity index (χ3v) is 10.9. The van der Waals surface area contributed by atoms with E-state index in [1.165, 1.54) is 12.1 Å². The van der Waals surface area contributed by atoms with Gasteiger partial charge in [-0.3, -0.25) is 35.2 Å². The van der Waals surface area contributed by atoms with Crippen LogP contribution in [0.15, 0.2) is 23.3 Å². The molecule has 230 valence electrons. The van der Waals surface area contributed by atoms with Crippen molar-refractivity contribution in [2.24, 2.45) is 45.5 Å². The number of nitro benzene ring substituents is 2. The molecule has 3 fully saturated rings. The van der Waals surface area contributed by atoms with E-state index in [-0.39, 0.29) is 53.2 Å². The first-order chi connectivity index (χ1) is 19.8. The van der Waals surface area contributed by atoms with E-state index in [0.717, 1.165) is 31.7 Å². The van der Waals surface area contributed by atoms with Gasteiger partial charge in [-0.1, -0.05) is 20.8 Å². The molecular weight excluding hydrogens is 544 g/mol. The summed E-state index contributed by atoms with van der Waals surface area (Å²) in [5.41, 5.74) is 1.34. The van der Waals surface area contributed by atoms with Crippen LogP contribution in [-0.2, 0) is 9.59 Å². The van der Waals surface area contributed by atoms with E-state index in [1.54, 1.807) is 6.21 Å². The first kappa shape index (κ1) is 31.5. The number of carbonyl (C=O) groups is 2. The minimum atomic E-state index is -0.786. The summed E-state index contributed by atoms with van der Waals surface area (Å²) in [6.07, 6.45) is 7.56. The fourth-order valence-corrected chi connectivity index (χ4v) is 8.65.